The quantitative estimate of drug-likeness (QED) is 0.898. The highest BCUT2D eigenvalue weighted by Gasteiger charge is 2.37. The number of carboxylic acid groups (broad SMARTS) is 1. The van der Waals surface area contributed by atoms with Gasteiger partial charge in [0.2, 0.25) is 0 Å². The fourth-order valence-electron chi connectivity index (χ4n) is 2.85. The van der Waals surface area contributed by atoms with Crippen LogP contribution in [0.1, 0.15) is 50.1 Å². The molecule has 5 nitrogen and oxygen atoms in total. The molecule has 0 saturated heterocycles. The molecule has 1 aliphatic heterocycles. The second kappa shape index (κ2) is 6.05. The highest BCUT2D eigenvalue weighted by atomic mass is 32.1. The summed E-state index contributed by atoms with van der Waals surface area (Å²) in [7, 11) is 0. The van der Waals surface area contributed by atoms with Gasteiger partial charge in [-0.3, -0.25) is 0 Å². The molecular weight excluding hydrogens is 288 g/mol. The lowest BCUT2D eigenvalue weighted by atomic mass is 9.98. The van der Waals surface area contributed by atoms with E-state index in [1.807, 2.05) is 25.3 Å². The van der Waals surface area contributed by atoms with Gasteiger partial charge in [-0.1, -0.05) is 13.3 Å². The SMILES string of the molecule is CCCC(C)(C)NC(=O)N1CCc2sccc2C1C(=O)O. The van der Waals surface area contributed by atoms with Gasteiger partial charge in [-0.25, -0.2) is 9.59 Å². The fraction of sp³-hybridized carbons (Fsp3) is 0.600. The van der Waals surface area contributed by atoms with E-state index in [-0.39, 0.29) is 11.6 Å². The van der Waals surface area contributed by atoms with Gasteiger partial charge in [0.25, 0.3) is 0 Å². The van der Waals surface area contributed by atoms with Gasteiger partial charge in [0.15, 0.2) is 6.04 Å². The summed E-state index contributed by atoms with van der Waals surface area (Å²) in [5, 5.41) is 14.4. The second-order valence-electron chi connectivity index (χ2n) is 6.05. The predicted molar refractivity (Wildman–Crippen MR) is 82.6 cm³/mol. The molecular formula is C15H22N2O3S. The van der Waals surface area contributed by atoms with Gasteiger partial charge in [0, 0.05) is 17.0 Å². The number of nitrogens with zero attached hydrogens (tertiary/aromatic N) is 1. The normalized spacial score (nSPS) is 18.2. The molecule has 0 radical (unpaired) electrons. The van der Waals surface area contributed by atoms with Crippen LogP contribution in [0.4, 0.5) is 4.79 Å². The molecule has 21 heavy (non-hydrogen) atoms. The smallest absolute Gasteiger partial charge is 0.331 e. The molecule has 0 bridgehead atoms. The van der Waals surface area contributed by atoms with Gasteiger partial charge in [0.1, 0.15) is 0 Å². The van der Waals surface area contributed by atoms with Crippen LogP contribution in [0.25, 0.3) is 0 Å². The minimum absolute atomic E-state index is 0.294. The van der Waals surface area contributed by atoms with Crippen LogP contribution in [0.2, 0.25) is 0 Å². The predicted octanol–water partition coefficient (Wildman–Crippen LogP) is 3.02. The second-order valence-corrected chi connectivity index (χ2v) is 7.05. The highest BCUT2D eigenvalue weighted by molar-refractivity contribution is 7.10. The summed E-state index contributed by atoms with van der Waals surface area (Å²) in [6, 6.07) is 0.644. The van der Waals surface area contributed by atoms with E-state index in [2.05, 4.69) is 12.2 Å². The molecule has 0 spiro atoms. The maximum atomic E-state index is 12.5. The van der Waals surface area contributed by atoms with Crippen molar-refractivity contribution in [2.75, 3.05) is 6.54 Å². The number of aliphatic carboxylic acids is 1. The summed E-state index contributed by atoms with van der Waals surface area (Å²) in [6.07, 6.45) is 2.54. The maximum Gasteiger partial charge on any atom is 0.331 e. The van der Waals surface area contributed by atoms with Gasteiger partial charge in [0.05, 0.1) is 0 Å². The topological polar surface area (TPSA) is 69.6 Å². The van der Waals surface area contributed by atoms with Crippen LogP contribution < -0.4 is 5.32 Å². The van der Waals surface area contributed by atoms with E-state index in [4.69, 9.17) is 0 Å². The third-order valence-electron chi connectivity index (χ3n) is 3.78. The van der Waals surface area contributed by atoms with Crippen molar-refractivity contribution in [3.8, 4) is 0 Å². The van der Waals surface area contributed by atoms with Gasteiger partial charge in [-0.15, -0.1) is 11.3 Å². The Morgan fingerprint density at radius 2 is 2.24 bits per heavy atom. The van der Waals surface area contributed by atoms with E-state index in [0.717, 1.165) is 29.7 Å². The number of fused-ring (bicyclic) bond motifs is 1. The Hall–Kier alpha value is -1.56. The standard InChI is InChI=1S/C15H22N2O3S/c1-4-7-15(2,3)16-14(20)17-8-5-11-10(6-9-21-11)12(17)13(18)19/h6,9,12H,4-5,7-8H2,1-3H3,(H,16,20)(H,18,19). The maximum absolute atomic E-state index is 12.5. The third-order valence-corrected chi connectivity index (χ3v) is 4.78. The first-order valence-corrected chi connectivity index (χ1v) is 8.11. The van der Waals surface area contributed by atoms with Gasteiger partial charge in [-0.2, -0.15) is 0 Å². The van der Waals surface area contributed by atoms with Crippen LogP contribution in [-0.2, 0) is 11.2 Å². The van der Waals surface area contributed by atoms with Crippen molar-refractivity contribution < 1.29 is 14.7 Å². The molecule has 2 N–H and O–H groups in total. The first-order chi connectivity index (χ1) is 9.85. The Morgan fingerprint density at radius 3 is 2.86 bits per heavy atom. The van der Waals surface area contributed by atoms with E-state index in [0.29, 0.717) is 6.54 Å². The zero-order valence-corrected chi connectivity index (χ0v) is 13.5. The Labute approximate surface area is 129 Å². The molecule has 1 aromatic heterocycles. The fourth-order valence-corrected chi connectivity index (χ4v) is 3.75. The average Bonchev–Trinajstić information content (AvgIpc) is 2.84. The molecule has 1 aliphatic rings. The Kier molecular flexibility index (Phi) is 4.56. The largest absolute Gasteiger partial charge is 0.479 e. The number of rotatable bonds is 4. The van der Waals surface area contributed by atoms with E-state index in [9.17, 15) is 14.7 Å². The molecule has 0 fully saturated rings. The molecule has 1 aromatic rings. The molecule has 116 valence electrons. The molecule has 1 atom stereocenters. The van der Waals surface area contributed by atoms with Gasteiger partial charge >= 0.3 is 12.0 Å². The van der Waals surface area contributed by atoms with Crippen molar-refractivity contribution >= 4 is 23.3 Å². The summed E-state index contributed by atoms with van der Waals surface area (Å²) in [4.78, 5) is 26.6. The summed E-state index contributed by atoms with van der Waals surface area (Å²) < 4.78 is 0. The molecule has 0 aliphatic carbocycles. The van der Waals surface area contributed by atoms with Crippen molar-refractivity contribution in [1.82, 2.24) is 10.2 Å². The summed E-state index contributed by atoms with van der Waals surface area (Å²) in [5.41, 5.74) is 0.422. The molecule has 2 amide bonds. The molecule has 6 heteroatoms. The number of carbonyl (C=O) groups is 2. The van der Waals surface area contributed by atoms with Crippen LogP contribution in [0.3, 0.4) is 0 Å². The van der Waals surface area contributed by atoms with Crippen molar-refractivity contribution in [3.63, 3.8) is 0 Å². The zero-order valence-electron chi connectivity index (χ0n) is 12.7. The van der Waals surface area contributed by atoms with Crippen molar-refractivity contribution in [3.05, 3.63) is 21.9 Å². The van der Waals surface area contributed by atoms with Crippen molar-refractivity contribution in [2.24, 2.45) is 0 Å². The monoisotopic (exact) mass is 310 g/mol. The van der Waals surface area contributed by atoms with Crippen LogP contribution in [-0.4, -0.2) is 34.1 Å². The summed E-state index contributed by atoms with van der Waals surface area (Å²) >= 11 is 1.56. The zero-order chi connectivity index (χ0) is 15.6. The van der Waals surface area contributed by atoms with E-state index >= 15 is 0 Å². The molecule has 0 saturated carbocycles. The number of amides is 2. The molecule has 1 unspecified atom stereocenters. The number of hydrogen-bond donors (Lipinski definition) is 2. The van der Waals surface area contributed by atoms with Crippen LogP contribution in [0.15, 0.2) is 11.4 Å². The number of nitrogens with one attached hydrogen (secondary N) is 1. The van der Waals surface area contributed by atoms with E-state index in [1.54, 1.807) is 11.3 Å². The first kappa shape index (κ1) is 15.8. The van der Waals surface area contributed by atoms with Crippen LogP contribution >= 0.6 is 11.3 Å². The molecule has 2 rings (SSSR count). The number of thiophene rings is 1. The number of urea groups is 1. The first-order valence-electron chi connectivity index (χ1n) is 7.23. The highest BCUT2D eigenvalue weighted by Crippen LogP contribution is 2.33. The summed E-state index contributed by atoms with van der Waals surface area (Å²) in [5.74, 6) is -0.974. The lowest BCUT2D eigenvalue weighted by Gasteiger charge is -2.36. The van der Waals surface area contributed by atoms with Crippen molar-refractivity contribution in [1.29, 1.82) is 0 Å². The Morgan fingerprint density at radius 1 is 1.52 bits per heavy atom. The minimum atomic E-state index is -0.974. The minimum Gasteiger partial charge on any atom is -0.479 e. The van der Waals surface area contributed by atoms with E-state index in [1.165, 1.54) is 4.90 Å². The lowest BCUT2D eigenvalue weighted by molar-refractivity contribution is -0.142. The van der Waals surface area contributed by atoms with Crippen LogP contribution in [0, 0.1) is 0 Å². The third kappa shape index (κ3) is 3.37. The molecule has 2 heterocycles. The number of carbonyl (C=O) groups excluding carboxylic acids is 1. The van der Waals surface area contributed by atoms with E-state index < -0.39 is 12.0 Å². The Balaban J connectivity index is 2.19. The van der Waals surface area contributed by atoms with Crippen LogP contribution in [0.5, 0.6) is 0 Å². The van der Waals surface area contributed by atoms with Crippen molar-refractivity contribution in [2.45, 2.75) is 51.6 Å². The Bertz CT molecular complexity index is 539. The molecule has 0 aromatic carbocycles. The lowest BCUT2D eigenvalue weighted by Crippen LogP contribution is -2.53. The number of hydrogen-bond acceptors (Lipinski definition) is 3. The van der Waals surface area contributed by atoms with Gasteiger partial charge < -0.3 is 15.3 Å². The number of carboxylic acids is 1. The van der Waals surface area contributed by atoms with Gasteiger partial charge in [-0.05, 0) is 43.7 Å². The summed E-state index contributed by atoms with van der Waals surface area (Å²) in [6.45, 7) is 6.43. The average molecular weight is 310 g/mol.